The fourth-order valence-electron chi connectivity index (χ4n) is 2.11. The molecule has 21 heavy (non-hydrogen) atoms. The predicted molar refractivity (Wildman–Crippen MR) is 87.2 cm³/mol. The van der Waals surface area contributed by atoms with Crippen LogP contribution in [0.5, 0.6) is 0 Å². The van der Waals surface area contributed by atoms with Gasteiger partial charge in [-0.2, -0.15) is 5.10 Å². The Kier molecular flexibility index (Phi) is 6.39. The van der Waals surface area contributed by atoms with Crippen LogP contribution in [-0.4, -0.2) is 22.2 Å². The SMILES string of the molecule is Cc1nn(-c2ccccc2)c(C)c1NC(=O)CCCN.Cl. The number of benzene rings is 1. The van der Waals surface area contributed by atoms with E-state index >= 15 is 0 Å². The van der Waals surface area contributed by atoms with Crippen molar-refractivity contribution < 1.29 is 4.79 Å². The monoisotopic (exact) mass is 308 g/mol. The summed E-state index contributed by atoms with van der Waals surface area (Å²) in [5.41, 5.74) is 8.92. The first-order valence-electron chi connectivity index (χ1n) is 6.75. The second kappa shape index (κ2) is 7.81. The summed E-state index contributed by atoms with van der Waals surface area (Å²) in [5, 5.41) is 7.42. The lowest BCUT2D eigenvalue weighted by molar-refractivity contribution is -0.116. The van der Waals surface area contributed by atoms with E-state index in [2.05, 4.69) is 10.4 Å². The van der Waals surface area contributed by atoms with Crippen LogP contribution in [0.15, 0.2) is 30.3 Å². The van der Waals surface area contributed by atoms with E-state index in [9.17, 15) is 4.79 Å². The van der Waals surface area contributed by atoms with Crippen molar-refractivity contribution in [2.24, 2.45) is 5.73 Å². The maximum atomic E-state index is 11.8. The number of halogens is 1. The van der Waals surface area contributed by atoms with Gasteiger partial charge in [-0.3, -0.25) is 4.79 Å². The topological polar surface area (TPSA) is 72.9 Å². The van der Waals surface area contributed by atoms with Crippen molar-refractivity contribution in [2.45, 2.75) is 26.7 Å². The van der Waals surface area contributed by atoms with Gasteiger partial charge in [0, 0.05) is 6.42 Å². The molecule has 1 heterocycles. The highest BCUT2D eigenvalue weighted by molar-refractivity contribution is 5.92. The van der Waals surface area contributed by atoms with Gasteiger partial charge in [-0.25, -0.2) is 4.68 Å². The second-order valence-corrected chi connectivity index (χ2v) is 4.73. The molecule has 0 unspecified atom stereocenters. The highest BCUT2D eigenvalue weighted by Gasteiger charge is 2.14. The van der Waals surface area contributed by atoms with Gasteiger partial charge >= 0.3 is 0 Å². The molecule has 0 atom stereocenters. The van der Waals surface area contributed by atoms with Gasteiger partial charge < -0.3 is 11.1 Å². The molecule has 114 valence electrons. The summed E-state index contributed by atoms with van der Waals surface area (Å²) < 4.78 is 1.84. The summed E-state index contributed by atoms with van der Waals surface area (Å²) in [7, 11) is 0. The normalized spacial score (nSPS) is 10.0. The molecule has 0 fully saturated rings. The predicted octanol–water partition coefficient (Wildman–Crippen LogP) is 2.59. The van der Waals surface area contributed by atoms with Gasteiger partial charge in [0.15, 0.2) is 0 Å². The van der Waals surface area contributed by atoms with Crippen LogP contribution in [-0.2, 0) is 4.79 Å². The Balaban J connectivity index is 0.00000220. The molecule has 6 heteroatoms. The number of nitrogens with zero attached hydrogens (tertiary/aromatic N) is 2. The molecule has 0 aliphatic rings. The lowest BCUT2D eigenvalue weighted by atomic mass is 10.2. The molecule has 0 saturated carbocycles. The minimum Gasteiger partial charge on any atom is -0.330 e. The van der Waals surface area contributed by atoms with Crippen molar-refractivity contribution in [1.29, 1.82) is 0 Å². The van der Waals surface area contributed by atoms with Crippen molar-refractivity contribution in [2.75, 3.05) is 11.9 Å². The maximum Gasteiger partial charge on any atom is 0.224 e. The Morgan fingerprint density at radius 2 is 1.95 bits per heavy atom. The van der Waals surface area contributed by atoms with Crippen molar-refractivity contribution >= 4 is 24.0 Å². The molecule has 5 nitrogen and oxygen atoms in total. The van der Waals surface area contributed by atoms with Gasteiger partial charge in [0.1, 0.15) is 0 Å². The van der Waals surface area contributed by atoms with E-state index in [1.165, 1.54) is 0 Å². The van der Waals surface area contributed by atoms with Crippen LogP contribution < -0.4 is 11.1 Å². The molecule has 0 aliphatic heterocycles. The number of aryl methyl sites for hydroxylation is 1. The Hall–Kier alpha value is -1.85. The van der Waals surface area contributed by atoms with E-state index in [0.29, 0.717) is 19.4 Å². The number of carbonyl (C=O) groups excluding carboxylic acids is 1. The lowest BCUT2D eigenvalue weighted by Gasteiger charge is -2.06. The Morgan fingerprint density at radius 1 is 1.29 bits per heavy atom. The number of para-hydroxylation sites is 1. The zero-order valence-corrected chi connectivity index (χ0v) is 13.1. The Morgan fingerprint density at radius 3 is 2.57 bits per heavy atom. The molecule has 0 saturated heterocycles. The van der Waals surface area contributed by atoms with E-state index in [-0.39, 0.29) is 18.3 Å². The van der Waals surface area contributed by atoms with Crippen LogP contribution in [0.4, 0.5) is 5.69 Å². The molecular weight excluding hydrogens is 288 g/mol. The summed E-state index contributed by atoms with van der Waals surface area (Å²) in [6.45, 7) is 4.37. The van der Waals surface area contributed by atoms with Crippen LogP contribution in [0, 0.1) is 13.8 Å². The first-order valence-corrected chi connectivity index (χ1v) is 6.75. The lowest BCUT2D eigenvalue weighted by Crippen LogP contribution is -2.14. The summed E-state index contributed by atoms with van der Waals surface area (Å²) in [6, 6.07) is 9.86. The number of carbonyl (C=O) groups is 1. The third kappa shape index (κ3) is 4.06. The van der Waals surface area contributed by atoms with Crippen molar-refractivity contribution in [3.05, 3.63) is 41.7 Å². The number of nitrogens with one attached hydrogen (secondary N) is 1. The van der Waals surface area contributed by atoms with Gasteiger partial charge in [-0.1, -0.05) is 18.2 Å². The molecule has 0 radical (unpaired) electrons. The molecule has 2 aromatic rings. The number of anilines is 1. The number of amides is 1. The molecule has 0 bridgehead atoms. The van der Waals surface area contributed by atoms with E-state index in [1.807, 2.05) is 48.9 Å². The Bertz CT molecular complexity index is 595. The zero-order chi connectivity index (χ0) is 14.5. The Labute approximate surface area is 130 Å². The molecular formula is C15H21ClN4O. The average Bonchev–Trinajstić information content (AvgIpc) is 2.74. The number of hydrogen-bond acceptors (Lipinski definition) is 3. The van der Waals surface area contributed by atoms with E-state index in [4.69, 9.17) is 5.73 Å². The highest BCUT2D eigenvalue weighted by Crippen LogP contribution is 2.22. The molecule has 2 rings (SSSR count). The summed E-state index contributed by atoms with van der Waals surface area (Å²) in [4.78, 5) is 11.8. The van der Waals surface area contributed by atoms with Crippen LogP contribution in [0.3, 0.4) is 0 Å². The first-order chi connectivity index (χ1) is 9.63. The summed E-state index contributed by atoms with van der Waals surface area (Å²) in [5.74, 6) is -0.0192. The molecule has 1 aromatic carbocycles. The smallest absolute Gasteiger partial charge is 0.224 e. The quantitative estimate of drug-likeness (QED) is 0.891. The maximum absolute atomic E-state index is 11.8. The van der Waals surface area contributed by atoms with Crippen molar-refractivity contribution in [3.63, 3.8) is 0 Å². The average molecular weight is 309 g/mol. The van der Waals surface area contributed by atoms with Gasteiger partial charge in [0.2, 0.25) is 5.91 Å². The summed E-state index contributed by atoms with van der Waals surface area (Å²) in [6.07, 6.45) is 1.13. The standard InChI is InChI=1S/C15H20N4O.ClH/c1-11-15(17-14(20)9-6-10-16)12(2)19(18-11)13-7-4-3-5-8-13;/h3-5,7-8H,6,9-10,16H2,1-2H3,(H,17,20);1H. The first kappa shape index (κ1) is 17.2. The highest BCUT2D eigenvalue weighted by atomic mass is 35.5. The van der Waals surface area contributed by atoms with Crippen LogP contribution in [0.1, 0.15) is 24.2 Å². The third-order valence-electron chi connectivity index (χ3n) is 3.16. The van der Waals surface area contributed by atoms with Crippen molar-refractivity contribution in [3.8, 4) is 5.69 Å². The van der Waals surface area contributed by atoms with Crippen LogP contribution >= 0.6 is 12.4 Å². The van der Waals surface area contributed by atoms with Crippen LogP contribution in [0.25, 0.3) is 5.69 Å². The fourth-order valence-corrected chi connectivity index (χ4v) is 2.11. The largest absolute Gasteiger partial charge is 0.330 e. The molecule has 0 aliphatic carbocycles. The van der Waals surface area contributed by atoms with E-state index < -0.39 is 0 Å². The molecule has 3 N–H and O–H groups in total. The minimum atomic E-state index is -0.0192. The molecule has 1 aromatic heterocycles. The van der Waals surface area contributed by atoms with Crippen LogP contribution in [0.2, 0.25) is 0 Å². The number of nitrogens with two attached hydrogens (primary N) is 1. The van der Waals surface area contributed by atoms with E-state index in [1.54, 1.807) is 0 Å². The number of hydrogen-bond donors (Lipinski definition) is 2. The van der Waals surface area contributed by atoms with Gasteiger partial charge in [-0.05, 0) is 38.9 Å². The zero-order valence-electron chi connectivity index (χ0n) is 12.3. The van der Waals surface area contributed by atoms with Gasteiger partial charge in [0.25, 0.3) is 0 Å². The number of rotatable bonds is 5. The fraction of sp³-hybridized carbons (Fsp3) is 0.333. The van der Waals surface area contributed by atoms with E-state index in [0.717, 1.165) is 22.8 Å². The summed E-state index contributed by atoms with van der Waals surface area (Å²) >= 11 is 0. The second-order valence-electron chi connectivity index (χ2n) is 4.73. The number of aromatic nitrogens is 2. The van der Waals surface area contributed by atoms with Crippen molar-refractivity contribution in [1.82, 2.24) is 9.78 Å². The third-order valence-corrected chi connectivity index (χ3v) is 3.16. The minimum absolute atomic E-state index is 0. The molecule has 0 spiro atoms. The van der Waals surface area contributed by atoms with Gasteiger partial charge in [-0.15, -0.1) is 12.4 Å². The van der Waals surface area contributed by atoms with Gasteiger partial charge in [0.05, 0.1) is 22.8 Å². The molecule has 1 amide bonds.